The number of hydrogen-bond acceptors (Lipinski definition) is 2. The highest BCUT2D eigenvalue weighted by Gasteiger charge is 2.27. The molecule has 1 aromatic carbocycles. The molecule has 2 rings (SSSR count). The first-order chi connectivity index (χ1) is 6.61. The third-order valence-corrected chi connectivity index (χ3v) is 3.41. The van der Waals surface area contributed by atoms with Gasteiger partial charge < -0.3 is 5.11 Å². The Kier molecular flexibility index (Phi) is 2.23. The zero-order valence-electron chi connectivity index (χ0n) is 8.99. The Labute approximate surface area is 85.2 Å². The topological polar surface area (TPSA) is 23.5 Å². The van der Waals surface area contributed by atoms with Crippen molar-refractivity contribution in [3.63, 3.8) is 0 Å². The number of fused-ring (bicyclic) bond motifs is 1. The van der Waals surface area contributed by atoms with E-state index in [2.05, 4.69) is 31.9 Å². The van der Waals surface area contributed by atoms with Crippen LogP contribution in [0.4, 0.5) is 0 Å². The van der Waals surface area contributed by atoms with E-state index in [-0.39, 0.29) is 0 Å². The summed E-state index contributed by atoms with van der Waals surface area (Å²) in [5.41, 5.74) is 2.40. The fourth-order valence-corrected chi connectivity index (χ4v) is 2.31. The lowest BCUT2D eigenvalue weighted by Crippen LogP contribution is -2.37. The highest BCUT2D eigenvalue weighted by molar-refractivity contribution is 5.43. The summed E-state index contributed by atoms with van der Waals surface area (Å²) in [6.07, 6.45) is 1.03. The normalized spacial score (nSPS) is 27.4. The molecule has 1 aliphatic rings. The second kappa shape index (κ2) is 3.28. The van der Waals surface area contributed by atoms with Crippen LogP contribution in [0.3, 0.4) is 0 Å². The van der Waals surface area contributed by atoms with Crippen LogP contribution in [0.1, 0.15) is 31.0 Å². The van der Waals surface area contributed by atoms with E-state index in [9.17, 15) is 5.11 Å². The molecule has 2 nitrogen and oxygen atoms in total. The molecule has 0 saturated heterocycles. The summed E-state index contributed by atoms with van der Waals surface area (Å²) in [5, 5.41) is 9.80. The van der Waals surface area contributed by atoms with Crippen LogP contribution in [0.2, 0.25) is 0 Å². The maximum Gasteiger partial charge on any atom is 0.120 e. The number of likely N-dealkylation sites (N-methyl/N-ethyl adjacent to an activating group) is 1. The third kappa shape index (κ3) is 1.30. The van der Waals surface area contributed by atoms with Gasteiger partial charge in [0.15, 0.2) is 0 Å². The molecule has 0 aliphatic carbocycles. The van der Waals surface area contributed by atoms with Gasteiger partial charge in [0.05, 0.1) is 0 Å². The standard InChI is InChI=1S/C12H17NO/c1-8-7-10-5-4-6-11(14)12(10)9(2)13(8)3/h4-6,8-9,14H,7H2,1-3H3/t8-,9?/m1/s1. The van der Waals surface area contributed by atoms with Gasteiger partial charge >= 0.3 is 0 Å². The molecule has 2 heteroatoms. The third-order valence-electron chi connectivity index (χ3n) is 3.41. The van der Waals surface area contributed by atoms with Gasteiger partial charge in [0.1, 0.15) is 5.75 Å². The van der Waals surface area contributed by atoms with Gasteiger partial charge in [-0.2, -0.15) is 0 Å². The van der Waals surface area contributed by atoms with Gasteiger partial charge in [-0.1, -0.05) is 12.1 Å². The van der Waals surface area contributed by atoms with Crippen LogP contribution in [-0.4, -0.2) is 23.1 Å². The van der Waals surface area contributed by atoms with Crippen molar-refractivity contribution in [1.29, 1.82) is 0 Å². The van der Waals surface area contributed by atoms with Gasteiger partial charge in [-0.25, -0.2) is 0 Å². The number of phenols is 1. The molecule has 1 N–H and O–H groups in total. The smallest absolute Gasteiger partial charge is 0.120 e. The molecule has 1 aliphatic heterocycles. The van der Waals surface area contributed by atoms with Crippen LogP contribution in [0.15, 0.2) is 18.2 Å². The highest BCUT2D eigenvalue weighted by atomic mass is 16.3. The predicted molar refractivity (Wildman–Crippen MR) is 57.5 cm³/mol. The van der Waals surface area contributed by atoms with Crippen molar-refractivity contribution >= 4 is 0 Å². The van der Waals surface area contributed by atoms with Crippen molar-refractivity contribution in [3.8, 4) is 5.75 Å². The Morgan fingerprint density at radius 1 is 1.36 bits per heavy atom. The molecule has 2 atom stereocenters. The lowest BCUT2D eigenvalue weighted by Gasteiger charge is -2.37. The number of phenolic OH excluding ortho intramolecular Hbond substituents is 1. The Morgan fingerprint density at radius 2 is 2.07 bits per heavy atom. The van der Waals surface area contributed by atoms with Gasteiger partial charge in [0, 0.05) is 17.6 Å². The van der Waals surface area contributed by atoms with Gasteiger partial charge in [0.25, 0.3) is 0 Å². The summed E-state index contributed by atoms with van der Waals surface area (Å²) in [7, 11) is 2.12. The molecule has 0 fully saturated rings. The van der Waals surface area contributed by atoms with Crippen LogP contribution in [0, 0.1) is 0 Å². The van der Waals surface area contributed by atoms with Gasteiger partial charge in [-0.05, 0) is 38.9 Å². The first-order valence-electron chi connectivity index (χ1n) is 5.14. The lowest BCUT2D eigenvalue weighted by molar-refractivity contribution is 0.176. The average molecular weight is 191 g/mol. The van der Waals surface area contributed by atoms with E-state index < -0.39 is 0 Å². The summed E-state index contributed by atoms with van der Waals surface area (Å²) in [6, 6.07) is 6.70. The van der Waals surface area contributed by atoms with E-state index in [1.165, 1.54) is 5.56 Å². The summed E-state index contributed by atoms with van der Waals surface area (Å²) in [4.78, 5) is 2.31. The van der Waals surface area contributed by atoms with Crippen molar-refractivity contribution < 1.29 is 5.11 Å². The van der Waals surface area contributed by atoms with E-state index in [4.69, 9.17) is 0 Å². The zero-order chi connectivity index (χ0) is 10.3. The summed E-state index contributed by atoms with van der Waals surface area (Å²) in [6.45, 7) is 4.37. The van der Waals surface area contributed by atoms with Crippen LogP contribution in [0.25, 0.3) is 0 Å². The van der Waals surface area contributed by atoms with Crippen molar-refractivity contribution in [2.75, 3.05) is 7.05 Å². The first-order valence-corrected chi connectivity index (χ1v) is 5.14. The zero-order valence-corrected chi connectivity index (χ0v) is 8.99. The number of aromatic hydroxyl groups is 1. The van der Waals surface area contributed by atoms with Crippen LogP contribution in [-0.2, 0) is 6.42 Å². The average Bonchev–Trinajstić information content (AvgIpc) is 2.14. The lowest BCUT2D eigenvalue weighted by atomic mass is 9.89. The Balaban J connectivity index is 2.51. The van der Waals surface area contributed by atoms with Gasteiger partial charge in [-0.15, -0.1) is 0 Å². The molecule has 0 amide bonds. The largest absolute Gasteiger partial charge is 0.508 e. The molecule has 0 radical (unpaired) electrons. The summed E-state index contributed by atoms with van der Waals surface area (Å²) < 4.78 is 0. The minimum atomic E-state index is 0.315. The molecule has 0 bridgehead atoms. The fourth-order valence-electron chi connectivity index (χ4n) is 2.31. The molecule has 1 aromatic rings. The van der Waals surface area contributed by atoms with Crippen molar-refractivity contribution in [3.05, 3.63) is 29.3 Å². The monoisotopic (exact) mass is 191 g/mol. The number of benzene rings is 1. The number of hydrogen-bond donors (Lipinski definition) is 1. The van der Waals surface area contributed by atoms with Crippen LogP contribution in [0.5, 0.6) is 5.75 Å². The van der Waals surface area contributed by atoms with Crippen LogP contribution >= 0.6 is 0 Å². The minimum Gasteiger partial charge on any atom is -0.508 e. The van der Waals surface area contributed by atoms with E-state index in [0.717, 1.165) is 12.0 Å². The minimum absolute atomic E-state index is 0.315. The maximum absolute atomic E-state index is 9.80. The van der Waals surface area contributed by atoms with Crippen LogP contribution < -0.4 is 0 Å². The van der Waals surface area contributed by atoms with Crippen molar-refractivity contribution in [2.45, 2.75) is 32.4 Å². The van der Waals surface area contributed by atoms with Crippen molar-refractivity contribution in [1.82, 2.24) is 4.90 Å². The summed E-state index contributed by atoms with van der Waals surface area (Å²) in [5.74, 6) is 0.439. The highest BCUT2D eigenvalue weighted by Crippen LogP contribution is 2.36. The van der Waals surface area contributed by atoms with Gasteiger partial charge in [-0.3, -0.25) is 4.90 Å². The second-order valence-electron chi connectivity index (χ2n) is 4.24. The second-order valence-corrected chi connectivity index (χ2v) is 4.24. The molecule has 1 heterocycles. The van der Waals surface area contributed by atoms with E-state index in [1.807, 2.05) is 6.07 Å². The molecule has 0 saturated carbocycles. The van der Waals surface area contributed by atoms with Crippen molar-refractivity contribution in [2.24, 2.45) is 0 Å². The molecule has 76 valence electrons. The van der Waals surface area contributed by atoms with E-state index in [1.54, 1.807) is 6.07 Å². The van der Waals surface area contributed by atoms with E-state index >= 15 is 0 Å². The first kappa shape index (κ1) is 9.53. The molecule has 14 heavy (non-hydrogen) atoms. The Morgan fingerprint density at radius 3 is 2.79 bits per heavy atom. The van der Waals surface area contributed by atoms with Gasteiger partial charge in [0.2, 0.25) is 0 Å². The molecule has 1 unspecified atom stereocenters. The fraction of sp³-hybridized carbons (Fsp3) is 0.500. The quantitative estimate of drug-likeness (QED) is 0.680. The van der Waals surface area contributed by atoms with E-state index in [0.29, 0.717) is 17.8 Å². The molecular weight excluding hydrogens is 174 g/mol. The molecular formula is C12H17NO. The maximum atomic E-state index is 9.80. The Bertz CT molecular complexity index is 348. The molecule has 0 spiro atoms. The molecule has 0 aromatic heterocycles. The Hall–Kier alpha value is -1.02. The number of rotatable bonds is 0. The SMILES string of the molecule is CC1c2c(O)cccc2C[C@@H](C)N1C. The predicted octanol–water partition coefficient (Wildman–Crippen LogP) is 2.33. The summed E-state index contributed by atoms with van der Waals surface area (Å²) >= 11 is 0. The number of nitrogens with zero attached hydrogens (tertiary/aromatic N) is 1.